The summed E-state index contributed by atoms with van der Waals surface area (Å²) in [4.78, 5) is 5.32. The van der Waals surface area contributed by atoms with Crippen molar-refractivity contribution in [1.29, 1.82) is 0 Å². The third-order valence-corrected chi connectivity index (χ3v) is 2.47. The Labute approximate surface area is 105 Å². The number of nitrogens with zero attached hydrogens (tertiary/aromatic N) is 2. The summed E-state index contributed by atoms with van der Waals surface area (Å²) in [6.45, 7) is 4.31. The van der Waals surface area contributed by atoms with E-state index in [9.17, 15) is 13.2 Å². The molecule has 1 aromatic rings. The number of halogens is 3. The highest BCUT2D eigenvalue weighted by molar-refractivity contribution is 5.38. The molecule has 0 atom stereocenters. The van der Waals surface area contributed by atoms with Crippen LogP contribution in [0.2, 0.25) is 0 Å². The molecular formula is C12H18F3N3. The maximum atomic E-state index is 12.5. The van der Waals surface area contributed by atoms with E-state index in [1.54, 1.807) is 18.0 Å². The summed E-state index contributed by atoms with van der Waals surface area (Å²) in [6, 6.07) is 3.93. The van der Waals surface area contributed by atoms with Crippen LogP contribution in [-0.2, 0) is 6.18 Å². The van der Waals surface area contributed by atoms with Gasteiger partial charge in [0.1, 0.15) is 11.5 Å². The van der Waals surface area contributed by atoms with Crippen molar-refractivity contribution in [2.75, 3.05) is 31.6 Å². The number of rotatable bonds is 6. The lowest BCUT2D eigenvalue weighted by Crippen LogP contribution is -2.30. The van der Waals surface area contributed by atoms with Crippen molar-refractivity contribution in [3.63, 3.8) is 0 Å². The van der Waals surface area contributed by atoms with Crippen LogP contribution in [0.1, 0.15) is 19.0 Å². The Morgan fingerprint density at radius 1 is 1.28 bits per heavy atom. The molecular weight excluding hydrogens is 243 g/mol. The Morgan fingerprint density at radius 2 is 2.00 bits per heavy atom. The SMILES string of the molecule is CCCNCCN(C)c1cccc(C(F)(F)F)n1. The van der Waals surface area contributed by atoms with Crippen LogP contribution in [-0.4, -0.2) is 31.7 Å². The lowest BCUT2D eigenvalue weighted by atomic mass is 10.3. The Kier molecular flexibility index (Phi) is 5.40. The number of hydrogen-bond acceptors (Lipinski definition) is 3. The van der Waals surface area contributed by atoms with Crippen molar-refractivity contribution >= 4 is 5.82 Å². The normalized spacial score (nSPS) is 11.6. The number of pyridine rings is 1. The van der Waals surface area contributed by atoms with Gasteiger partial charge in [-0.25, -0.2) is 4.98 Å². The summed E-state index contributed by atoms with van der Waals surface area (Å²) in [6.07, 6.45) is -3.36. The van der Waals surface area contributed by atoms with Gasteiger partial charge in [-0.05, 0) is 25.1 Å². The zero-order valence-corrected chi connectivity index (χ0v) is 10.6. The molecule has 0 fully saturated rings. The van der Waals surface area contributed by atoms with Crippen LogP contribution in [0, 0.1) is 0 Å². The number of nitrogens with one attached hydrogen (secondary N) is 1. The topological polar surface area (TPSA) is 28.2 Å². The van der Waals surface area contributed by atoms with Gasteiger partial charge in [0.15, 0.2) is 0 Å². The van der Waals surface area contributed by atoms with E-state index in [2.05, 4.69) is 17.2 Å². The summed E-state index contributed by atoms with van der Waals surface area (Å²) in [5.74, 6) is 0.336. The quantitative estimate of drug-likeness (QED) is 0.798. The van der Waals surface area contributed by atoms with E-state index in [-0.39, 0.29) is 0 Å². The summed E-state index contributed by atoms with van der Waals surface area (Å²) in [7, 11) is 1.73. The molecule has 0 aliphatic heterocycles. The zero-order valence-electron chi connectivity index (χ0n) is 10.6. The van der Waals surface area contributed by atoms with Gasteiger partial charge in [0.2, 0.25) is 0 Å². The van der Waals surface area contributed by atoms with E-state index in [4.69, 9.17) is 0 Å². The van der Waals surface area contributed by atoms with Gasteiger partial charge in [-0.1, -0.05) is 13.0 Å². The van der Waals surface area contributed by atoms with Gasteiger partial charge in [0.05, 0.1) is 0 Å². The minimum atomic E-state index is -4.39. The van der Waals surface area contributed by atoms with Gasteiger partial charge in [0, 0.05) is 20.1 Å². The van der Waals surface area contributed by atoms with E-state index in [1.807, 2.05) is 0 Å². The standard InChI is InChI=1S/C12H18F3N3/c1-3-7-16-8-9-18(2)11-6-4-5-10(17-11)12(13,14)15/h4-6,16H,3,7-9H2,1-2H3. The molecule has 3 nitrogen and oxygen atoms in total. The molecule has 0 saturated heterocycles. The van der Waals surface area contributed by atoms with E-state index in [0.29, 0.717) is 12.4 Å². The predicted molar refractivity (Wildman–Crippen MR) is 65.7 cm³/mol. The molecule has 6 heteroatoms. The van der Waals surface area contributed by atoms with Gasteiger partial charge >= 0.3 is 6.18 Å². The van der Waals surface area contributed by atoms with Crippen LogP contribution < -0.4 is 10.2 Å². The number of anilines is 1. The van der Waals surface area contributed by atoms with Gasteiger partial charge in [-0.3, -0.25) is 0 Å². The van der Waals surface area contributed by atoms with E-state index < -0.39 is 11.9 Å². The summed E-state index contributed by atoms with van der Waals surface area (Å²) in [5.41, 5.74) is -0.853. The van der Waals surface area contributed by atoms with Crippen molar-refractivity contribution < 1.29 is 13.2 Å². The maximum Gasteiger partial charge on any atom is 0.433 e. The molecule has 0 radical (unpaired) electrons. The third-order valence-electron chi connectivity index (χ3n) is 2.47. The lowest BCUT2D eigenvalue weighted by Gasteiger charge is -2.19. The minimum Gasteiger partial charge on any atom is -0.358 e. The van der Waals surface area contributed by atoms with Crippen molar-refractivity contribution in [3.05, 3.63) is 23.9 Å². The molecule has 0 bridgehead atoms. The maximum absolute atomic E-state index is 12.5. The smallest absolute Gasteiger partial charge is 0.358 e. The second-order valence-corrected chi connectivity index (χ2v) is 4.05. The van der Waals surface area contributed by atoms with Crippen LogP contribution in [0.5, 0.6) is 0 Å². The number of aromatic nitrogens is 1. The van der Waals surface area contributed by atoms with Crippen molar-refractivity contribution in [3.8, 4) is 0 Å². The highest BCUT2D eigenvalue weighted by Crippen LogP contribution is 2.28. The lowest BCUT2D eigenvalue weighted by molar-refractivity contribution is -0.141. The van der Waals surface area contributed by atoms with Crippen molar-refractivity contribution in [2.45, 2.75) is 19.5 Å². The fourth-order valence-corrected chi connectivity index (χ4v) is 1.46. The molecule has 1 aromatic heterocycles. The highest BCUT2D eigenvalue weighted by Gasteiger charge is 2.32. The molecule has 102 valence electrons. The van der Waals surface area contributed by atoms with Gasteiger partial charge in [-0.15, -0.1) is 0 Å². The zero-order chi connectivity index (χ0) is 13.6. The molecule has 1 rings (SSSR count). The van der Waals surface area contributed by atoms with Gasteiger partial charge < -0.3 is 10.2 Å². The molecule has 0 aliphatic carbocycles. The average Bonchev–Trinajstić information content (AvgIpc) is 2.33. The second kappa shape index (κ2) is 6.58. The molecule has 0 saturated carbocycles. The Balaban J connectivity index is 2.60. The summed E-state index contributed by atoms with van der Waals surface area (Å²) in [5, 5.41) is 3.19. The fraction of sp³-hybridized carbons (Fsp3) is 0.583. The first-order chi connectivity index (χ1) is 8.45. The number of hydrogen-bond donors (Lipinski definition) is 1. The molecule has 0 spiro atoms. The second-order valence-electron chi connectivity index (χ2n) is 4.05. The van der Waals surface area contributed by atoms with Crippen molar-refractivity contribution in [1.82, 2.24) is 10.3 Å². The first-order valence-corrected chi connectivity index (χ1v) is 5.91. The number of likely N-dealkylation sites (N-methyl/N-ethyl adjacent to an activating group) is 1. The van der Waals surface area contributed by atoms with Gasteiger partial charge in [-0.2, -0.15) is 13.2 Å². The monoisotopic (exact) mass is 261 g/mol. The molecule has 18 heavy (non-hydrogen) atoms. The van der Waals surface area contributed by atoms with Crippen LogP contribution in [0.3, 0.4) is 0 Å². The summed E-state index contributed by atoms with van der Waals surface area (Å²) >= 11 is 0. The molecule has 1 heterocycles. The van der Waals surface area contributed by atoms with E-state index in [1.165, 1.54) is 6.07 Å². The largest absolute Gasteiger partial charge is 0.433 e. The number of alkyl halides is 3. The van der Waals surface area contributed by atoms with E-state index >= 15 is 0 Å². The van der Waals surface area contributed by atoms with Crippen LogP contribution in [0.4, 0.5) is 19.0 Å². The van der Waals surface area contributed by atoms with Gasteiger partial charge in [0.25, 0.3) is 0 Å². The fourth-order valence-electron chi connectivity index (χ4n) is 1.46. The summed E-state index contributed by atoms with van der Waals surface area (Å²) < 4.78 is 37.5. The Morgan fingerprint density at radius 3 is 2.61 bits per heavy atom. The molecule has 0 aromatic carbocycles. The Bertz CT molecular complexity index is 366. The highest BCUT2D eigenvalue weighted by atomic mass is 19.4. The van der Waals surface area contributed by atoms with Crippen LogP contribution in [0.15, 0.2) is 18.2 Å². The van der Waals surface area contributed by atoms with Crippen LogP contribution in [0.25, 0.3) is 0 Å². The average molecular weight is 261 g/mol. The molecule has 0 aliphatic rings. The molecule has 1 N–H and O–H groups in total. The van der Waals surface area contributed by atoms with Crippen LogP contribution >= 0.6 is 0 Å². The molecule has 0 unspecified atom stereocenters. The molecule has 0 amide bonds. The third kappa shape index (κ3) is 4.52. The Hall–Kier alpha value is -1.30. The predicted octanol–water partition coefficient (Wildman–Crippen LogP) is 2.54. The van der Waals surface area contributed by atoms with E-state index in [0.717, 1.165) is 25.6 Å². The first-order valence-electron chi connectivity index (χ1n) is 5.91. The minimum absolute atomic E-state index is 0.336. The van der Waals surface area contributed by atoms with Crippen molar-refractivity contribution in [2.24, 2.45) is 0 Å². The first kappa shape index (κ1) is 14.8.